The molecule has 25 heavy (non-hydrogen) atoms. The van der Waals surface area contributed by atoms with Crippen LogP contribution in [-0.4, -0.2) is 20.1 Å². The summed E-state index contributed by atoms with van der Waals surface area (Å²) in [7, 11) is 3.07. The van der Waals surface area contributed by atoms with Gasteiger partial charge in [-0.2, -0.15) is 5.26 Å². The molecule has 5 nitrogen and oxygen atoms in total. The number of halogens is 1. The lowest BCUT2D eigenvalue weighted by atomic mass is 10.1. The molecular weight excluding hydrogens is 340 g/mol. The van der Waals surface area contributed by atoms with E-state index >= 15 is 0 Å². The second-order valence-electron chi connectivity index (χ2n) is 5.20. The van der Waals surface area contributed by atoms with E-state index in [2.05, 4.69) is 5.32 Å². The summed E-state index contributed by atoms with van der Waals surface area (Å²) >= 11 is 5.95. The van der Waals surface area contributed by atoms with Gasteiger partial charge in [0.15, 0.2) is 0 Å². The van der Waals surface area contributed by atoms with E-state index in [9.17, 15) is 10.1 Å². The number of ether oxygens (including phenoxy) is 2. The Morgan fingerprint density at radius 2 is 1.84 bits per heavy atom. The number of anilines is 1. The van der Waals surface area contributed by atoms with Crippen molar-refractivity contribution in [2.24, 2.45) is 0 Å². The second-order valence-corrected chi connectivity index (χ2v) is 5.63. The van der Waals surface area contributed by atoms with Gasteiger partial charge >= 0.3 is 0 Å². The van der Waals surface area contributed by atoms with Crippen LogP contribution in [-0.2, 0) is 4.79 Å². The first-order valence-corrected chi connectivity index (χ1v) is 7.77. The minimum absolute atomic E-state index is 0.0356. The first-order valence-electron chi connectivity index (χ1n) is 7.39. The molecule has 0 aliphatic carbocycles. The highest BCUT2D eigenvalue weighted by atomic mass is 35.5. The number of hydrogen-bond donors (Lipinski definition) is 1. The fraction of sp³-hybridized carbons (Fsp3) is 0.158. The van der Waals surface area contributed by atoms with Crippen LogP contribution in [0.1, 0.15) is 11.1 Å². The van der Waals surface area contributed by atoms with Crippen LogP contribution >= 0.6 is 11.6 Å². The van der Waals surface area contributed by atoms with Gasteiger partial charge < -0.3 is 14.8 Å². The van der Waals surface area contributed by atoms with Crippen LogP contribution in [0.15, 0.2) is 42.0 Å². The van der Waals surface area contributed by atoms with Crippen LogP contribution in [0.4, 0.5) is 5.69 Å². The number of rotatable bonds is 5. The number of methoxy groups -OCH3 is 2. The molecule has 1 amide bonds. The topological polar surface area (TPSA) is 71.3 Å². The third-order valence-corrected chi connectivity index (χ3v) is 3.74. The molecule has 2 rings (SSSR count). The molecule has 2 aromatic carbocycles. The van der Waals surface area contributed by atoms with Crippen LogP contribution in [0.2, 0.25) is 5.02 Å². The third kappa shape index (κ3) is 4.52. The van der Waals surface area contributed by atoms with Crippen LogP contribution in [0.5, 0.6) is 11.5 Å². The molecule has 1 N–H and O–H groups in total. The molecule has 0 heterocycles. The highest BCUT2D eigenvalue weighted by Crippen LogP contribution is 2.28. The van der Waals surface area contributed by atoms with Crippen molar-refractivity contribution in [2.75, 3.05) is 19.5 Å². The Labute approximate surface area is 151 Å². The Bertz CT molecular complexity index is 869. The van der Waals surface area contributed by atoms with Crippen molar-refractivity contribution in [1.29, 1.82) is 5.26 Å². The lowest BCUT2D eigenvalue weighted by Gasteiger charge is -2.10. The largest absolute Gasteiger partial charge is 0.496 e. The van der Waals surface area contributed by atoms with Crippen molar-refractivity contribution < 1.29 is 14.3 Å². The number of hydrogen-bond acceptors (Lipinski definition) is 4. The third-order valence-electron chi connectivity index (χ3n) is 3.50. The van der Waals surface area contributed by atoms with Gasteiger partial charge in [-0.3, -0.25) is 4.79 Å². The molecule has 0 bridgehead atoms. The molecule has 128 valence electrons. The van der Waals surface area contributed by atoms with E-state index < -0.39 is 5.91 Å². The van der Waals surface area contributed by atoms with Crippen molar-refractivity contribution in [3.05, 3.63) is 58.1 Å². The summed E-state index contributed by atoms with van der Waals surface area (Å²) in [6, 6.07) is 12.2. The minimum Gasteiger partial charge on any atom is -0.496 e. The summed E-state index contributed by atoms with van der Waals surface area (Å²) in [5.74, 6) is 0.649. The number of nitriles is 1. The Balaban J connectivity index is 2.29. The monoisotopic (exact) mass is 356 g/mol. The molecule has 0 saturated heterocycles. The van der Waals surface area contributed by atoms with Crippen molar-refractivity contribution in [2.45, 2.75) is 6.92 Å². The van der Waals surface area contributed by atoms with Gasteiger partial charge in [-0.25, -0.2) is 0 Å². The number of nitrogens with one attached hydrogen (secondary N) is 1. The van der Waals surface area contributed by atoms with E-state index in [0.29, 0.717) is 16.5 Å². The van der Waals surface area contributed by atoms with Crippen molar-refractivity contribution in [3.8, 4) is 17.6 Å². The van der Waals surface area contributed by atoms with Gasteiger partial charge in [-0.1, -0.05) is 17.7 Å². The fourth-order valence-corrected chi connectivity index (χ4v) is 2.45. The SMILES string of the molecule is COc1ccc(/C=C(\C#N)C(=O)Nc2cc(Cl)ccc2OC)cc1C. The number of benzene rings is 2. The molecule has 0 atom stereocenters. The molecule has 0 aromatic heterocycles. The quantitative estimate of drug-likeness (QED) is 0.643. The highest BCUT2D eigenvalue weighted by molar-refractivity contribution is 6.31. The Kier molecular flexibility index (Phi) is 6.04. The zero-order valence-corrected chi connectivity index (χ0v) is 14.8. The number of carbonyl (C=O) groups is 1. The van der Waals surface area contributed by atoms with Gasteiger partial charge in [0, 0.05) is 5.02 Å². The predicted molar refractivity (Wildman–Crippen MR) is 98.0 cm³/mol. The summed E-state index contributed by atoms with van der Waals surface area (Å²) < 4.78 is 10.4. The molecule has 0 unspecified atom stereocenters. The maximum Gasteiger partial charge on any atom is 0.266 e. The van der Waals surface area contributed by atoms with E-state index in [1.807, 2.05) is 19.1 Å². The first-order chi connectivity index (χ1) is 12.0. The van der Waals surface area contributed by atoms with E-state index in [1.165, 1.54) is 13.2 Å². The molecule has 0 spiro atoms. The van der Waals surface area contributed by atoms with Gasteiger partial charge in [-0.15, -0.1) is 0 Å². The average molecular weight is 357 g/mol. The number of nitrogens with zero attached hydrogens (tertiary/aromatic N) is 1. The first kappa shape index (κ1) is 18.4. The van der Waals surface area contributed by atoms with E-state index in [1.54, 1.807) is 37.4 Å². The molecule has 6 heteroatoms. The number of carbonyl (C=O) groups excluding carboxylic acids is 1. The lowest BCUT2D eigenvalue weighted by Crippen LogP contribution is -2.14. The summed E-state index contributed by atoms with van der Waals surface area (Å²) in [6.07, 6.45) is 1.51. The average Bonchev–Trinajstić information content (AvgIpc) is 2.60. The van der Waals surface area contributed by atoms with Crippen LogP contribution < -0.4 is 14.8 Å². The van der Waals surface area contributed by atoms with Gasteiger partial charge in [0.2, 0.25) is 0 Å². The standard InChI is InChI=1S/C19H17ClN2O3/c1-12-8-13(4-6-17(12)24-2)9-14(11-21)19(23)22-16-10-15(20)5-7-18(16)25-3/h4-10H,1-3H3,(H,22,23)/b14-9+. The zero-order valence-electron chi connectivity index (χ0n) is 14.1. The Morgan fingerprint density at radius 1 is 1.16 bits per heavy atom. The van der Waals surface area contributed by atoms with Crippen molar-refractivity contribution in [3.63, 3.8) is 0 Å². The van der Waals surface area contributed by atoms with E-state index in [0.717, 1.165) is 16.9 Å². The van der Waals surface area contributed by atoms with Crippen molar-refractivity contribution in [1.82, 2.24) is 0 Å². The van der Waals surface area contributed by atoms with Crippen LogP contribution in [0.3, 0.4) is 0 Å². The minimum atomic E-state index is -0.545. The smallest absolute Gasteiger partial charge is 0.266 e. The van der Waals surface area contributed by atoms with Crippen molar-refractivity contribution >= 4 is 29.3 Å². The molecule has 0 saturated carbocycles. The zero-order chi connectivity index (χ0) is 18.4. The summed E-state index contributed by atoms with van der Waals surface area (Å²) in [5.41, 5.74) is 1.99. The van der Waals surface area contributed by atoms with Crippen LogP contribution in [0, 0.1) is 18.3 Å². The molecule has 0 fully saturated rings. The maximum absolute atomic E-state index is 12.4. The fourth-order valence-electron chi connectivity index (χ4n) is 2.27. The van der Waals surface area contributed by atoms with Gasteiger partial charge in [0.25, 0.3) is 5.91 Å². The van der Waals surface area contributed by atoms with E-state index in [4.69, 9.17) is 21.1 Å². The highest BCUT2D eigenvalue weighted by Gasteiger charge is 2.13. The van der Waals surface area contributed by atoms with Gasteiger partial charge in [0.1, 0.15) is 23.1 Å². The number of aryl methyl sites for hydroxylation is 1. The van der Waals surface area contributed by atoms with Crippen LogP contribution in [0.25, 0.3) is 6.08 Å². The predicted octanol–water partition coefficient (Wildman–Crippen LogP) is 4.21. The molecule has 0 aliphatic rings. The van der Waals surface area contributed by atoms with E-state index in [-0.39, 0.29) is 5.57 Å². The summed E-state index contributed by atoms with van der Waals surface area (Å²) in [5, 5.41) is 12.4. The lowest BCUT2D eigenvalue weighted by molar-refractivity contribution is -0.112. The Morgan fingerprint density at radius 3 is 2.44 bits per heavy atom. The molecule has 0 aliphatic heterocycles. The van der Waals surface area contributed by atoms with Gasteiger partial charge in [0.05, 0.1) is 19.9 Å². The number of amides is 1. The maximum atomic E-state index is 12.4. The summed E-state index contributed by atoms with van der Waals surface area (Å²) in [4.78, 5) is 12.4. The molecule has 2 aromatic rings. The normalized spacial score (nSPS) is 10.8. The summed E-state index contributed by atoms with van der Waals surface area (Å²) in [6.45, 7) is 1.89. The molecule has 0 radical (unpaired) electrons. The molecular formula is C19H17ClN2O3. The Hall–Kier alpha value is -2.97. The van der Waals surface area contributed by atoms with Gasteiger partial charge in [-0.05, 0) is 54.5 Å². The second kappa shape index (κ2) is 8.22.